The number of hydrogen-bond donors (Lipinski definition) is 1. The molecule has 0 aliphatic rings. The van der Waals surface area contributed by atoms with Crippen molar-refractivity contribution in [1.82, 2.24) is 9.47 Å². The van der Waals surface area contributed by atoms with Crippen molar-refractivity contribution in [2.45, 2.75) is 33.2 Å². The number of carbonyl (C=O) groups is 1. The largest absolute Gasteiger partial charge is 0.573 e. The summed E-state index contributed by atoms with van der Waals surface area (Å²) in [6, 6.07) is 5.59. The highest BCUT2D eigenvalue weighted by molar-refractivity contribution is 6.02. The normalized spacial score (nSPS) is 11.9. The molecule has 0 atom stereocenters. The number of halogens is 3. The van der Waals surface area contributed by atoms with Gasteiger partial charge in [-0.2, -0.15) is 0 Å². The van der Waals surface area contributed by atoms with Crippen molar-refractivity contribution in [2.75, 3.05) is 20.6 Å². The Labute approximate surface area is 156 Å². The Balaban J connectivity index is 2.50. The Morgan fingerprint density at radius 2 is 1.89 bits per heavy atom. The number of primary amides is 1. The lowest BCUT2D eigenvalue weighted by Gasteiger charge is -2.13. The predicted molar refractivity (Wildman–Crippen MR) is 97.7 cm³/mol. The Morgan fingerprint density at radius 3 is 2.44 bits per heavy atom. The highest BCUT2D eigenvalue weighted by Gasteiger charge is 2.31. The molecule has 5 nitrogen and oxygen atoms in total. The van der Waals surface area contributed by atoms with Crippen LogP contribution >= 0.6 is 0 Å². The first-order chi connectivity index (χ1) is 12.5. The van der Waals surface area contributed by atoms with Crippen LogP contribution < -0.4 is 10.5 Å². The molecular weight excluding hydrogens is 359 g/mol. The summed E-state index contributed by atoms with van der Waals surface area (Å²) in [5.41, 5.74) is 8.38. The summed E-state index contributed by atoms with van der Waals surface area (Å²) in [6.07, 6.45) is -3.92. The summed E-state index contributed by atoms with van der Waals surface area (Å²) in [5, 5.41) is 0. The molecule has 0 aliphatic heterocycles. The third kappa shape index (κ3) is 5.03. The second-order valence-corrected chi connectivity index (χ2v) is 6.67. The van der Waals surface area contributed by atoms with E-state index < -0.39 is 12.3 Å². The Hall–Kier alpha value is -2.48. The first-order valence-electron chi connectivity index (χ1n) is 8.51. The number of aromatic nitrogens is 1. The quantitative estimate of drug-likeness (QED) is 0.793. The molecule has 0 spiro atoms. The first-order valence-corrected chi connectivity index (χ1v) is 8.51. The fourth-order valence-corrected chi connectivity index (χ4v) is 3.27. The standard InChI is InChI=1S/C19H24F3N3O2/c1-12-16(14-7-5-8-15(11-14)27-19(20,21)22)17(18(23)26)13(2)25(12)10-6-9-24(3)4/h5,7-8,11H,6,9-10H2,1-4H3,(H2,23,26). The highest BCUT2D eigenvalue weighted by Crippen LogP contribution is 2.35. The predicted octanol–water partition coefficient (Wildman–Crippen LogP) is 3.72. The molecule has 0 bridgehead atoms. The van der Waals surface area contributed by atoms with E-state index in [9.17, 15) is 18.0 Å². The number of rotatable bonds is 7. The van der Waals surface area contributed by atoms with Gasteiger partial charge in [-0.15, -0.1) is 13.2 Å². The summed E-state index contributed by atoms with van der Waals surface area (Å²) < 4.78 is 43.6. The Kier molecular flexibility index (Phi) is 6.20. The molecular formula is C19H24F3N3O2. The van der Waals surface area contributed by atoms with Crippen LogP contribution in [0.5, 0.6) is 5.75 Å². The van der Waals surface area contributed by atoms with Crippen LogP contribution in [0.1, 0.15) is 28.2 Å². The zero-order valence-electron chi connectivity index (χ0n) is 15.9. The van der Waals surface area contributed by atoms with Gasteiger partial charge in [0.1, 0.15) is 5.75 Å². The zero-order chi connectivity index (χ0) is 20.4. The van der Waals surface area contributed by atoms with Gasteiger partial charge < -0.3 is 19.9 Å². The number of ether oxygens (including phenoxy) is 1. The molecule has 8 heteroatoms. The van der Waals surface area contributed by atoms with E-state index in [2.05, 4.69) is 9.64 Å². The van der Waals surface area contributed by atoms with Gasteiger partial charge in [-0.1, -0.05) is 12.1 Å². The van der Waals surface area contributed by atoms with Crippen molar-refractivity contribution in [3.05, 3.63) is 41.2 Å². The molecule has 2 N–H and O–H groups in total. The van der Waals surface area contributed by atoms with Crippen molar-refractivity contribution in [3.63, 3.8) is 0 Å². The molecule has 148 valence electrons. The Bertz CT molecular complexity index is 826. The van der Waals surface area contributed by atoms with Crippen LogP contribution in [0.15, 0.2) is 24.3 Å². The fraction of sp³-hybridized carbons (Fsp3) is 0.421. The van der Waals surface area contributed by atoms with E-state index in [1.54, 1.807) is 13.0 Å². The molecule has 1 amide bonds. The summed E-state index contributed by atoms with van der Waals surface area (Å²) in [7, 11) is 3.95. The van der Waals surface area contributed by atoms with Gasteiger partial charge in [-0.3, -0.25) is 4.79 Å². The fourth-order valence-electron chi connectivity index (χ4n) is 3.27. The maximum atomic E-state index is 12.5. The van der Waals surface area contributed by atoms with E-state index in [1.165, 1.54) is 18.2 Å². The molecule has 2 rings (SSSR count). The van der Waals surface area contributed by atoms with E-state index in [0.29, 0.717) is 28.9 Å². The second kappa shape index (κ2) is 8.04. The Morgan fingerprint density at radius 1 is 1.22 bits per heavy atom. The van der Waals surface area contributed by atoms with Crippen LogP contribution in [-0.2, 0) is 6.54 Å². The average Bonchev–Trinajstić information content (AvgIpc) is 2.77. The minimum atomic E-state index is -4.78. The van der Waals surface area contributed by atoms with Crippen LogP contribution in [0.3, 0.4) is 0 Å². The SMILES string of the molecule is Cc1c(C(N)=O)c(-c2cccc(OC(F)(F)F)c2)c(C)n1CCCN(C)C. The van der Waals surface area contributed by atoms with E-state index in [0.717, 1.165) is 18.7 Å². The minimum Gasteiger partial charge on any atom is -0.406 e. The third-order valence-corrected chi connectivity index (χ3v) is 4.37. The summed E-state index contributed by atoms with van der Waals surface area (Å²) in [6.45, 7) is 5.17. The van der Waals surface area contributed by atoms with Gasteiger partial charge in [0.25, 0.3) is 5.91 Å². The van der Waals surface area contributed by atoms with Gasteiger partial charge >= 0.3 is 6.36 Å². The number of alkyl halides is 3. The van der Waals surface area contributed by atoms with Crippen molar-refractivity contribution >= 4 is 5.91 Å². The number of nitrogens with zero attached hydrogens (tertiary/aromatic N) is 2. The molecule has 0 saturated heterocycles. The molecule has 0 saturated carbocycles. The van der Waals surface area contributed by atoms with Gasteiger partial charge in [0.15, 0.2) is 0 Å². The summed E-state index contributed by atoms with van der Waals surface area (Å²) >= 11 is 0. The molecule has 0 unspecified atom stereocenters. The molecule has 0 radical (unpaired) electrons. The van der Waals surface area contributed by atoms with Crippen molar-refractivity contribution in [2.24, 2.45) is 5.73 Å². The zero-order valence-corrected chi connectivity index (χ0v) is 15.9. The maximum absolute atomic E-state index is 12.5. The number of carbonyl (C=O) groups excluding carboxylic acids is 1. The van der Waals surface area contributed by atoms with Crippen molar-refractivity contribution in [3.8, 4) is 16.9 Å². The van der Waals surface area contributed by atoms with Gasteiger partial charge in [0, 0.05) is 23.5 Å². The van der Waals surface area contributed by atoms with E-state index in [1.807, 2.05) is 25.6 Å². The number of amides is 1. The van der Waals surface area contributed by atoms with Gasteiger partial charge in [0.05, 0.1) is 5.56 Å². The lowest BCUT2D eigenvalue weighted by Crippen LogP contribution is -2.17. The number of hydrogen-bond acceptors (Lipinski definition) is 3. The topological polar surface area (TPSA) is 60.5 Å². The van der Waals surface area contributed by atoms with Crippen molar-refractivity contribution < 1.29 is 22.7 Å². The van der Waals surface area contributed by atoms with E-state index in [4.69, 9.17) is 5.73 Å². The smallest absolute Gasteiger partial charge is 0.406 e. The molecule has 1 heterocycles. The van der Waals surface area contributed by atoms with Gasteiger partial charge in [0.2, 0.25) is 0 Å². The molecule has 2 aromatic rings. The minimum absolute atomic E-state index is 0.321. The maximum Gasteiger partial charge on any atom is 0.573 e. The van der Waals surface area contributed by atoms with Crippen LogP contribution in [0.4, 0.5) is 13.2 Å². The van der Waals surface area contributed by atoms with E-state index >= 15 is 0 Å². The second-order valence-electron chi connectivity index (χ2n) is 6.67. The van der Waals surface area contributed by atoms with Crippen LogP contribution in [-0.4, -0.2) is 42.4 Å². The van der Waals surface area contributed by atoms with Crippen LogP contribution in [0.25, 0.3) is 11.1 Å². The number of benzene rings is 1. The van der Waals surface area contributed by atoms with Gasteiger partial charge in [-0.05, 0) is 58.6 Å². The molecule has 0 fully saturated rings. The van der Waals surface area contributed by atoms with E-state index in [-0.39, 0.29) is 5.75 Å². The number of nitrogens with two attached hydrogens (primary N) is 1. The average molecular weight is 383 g/mol. The summed E-state index contributed by atoms with van der Waals surface area (Å²) in [4.78, 5) is 14.1. The molecule has 0 aliphatic carbocycles. The summed E-state index contributed by atoms with van der Waals surface area (Å²) in [5.74, 6) is -0.952. The molecule has 27 heavy (non-hydrogen) atoms. The first kappa shape index (κ1) is 20.8. The highest BCUT2D eigenvalue weighted by atomic mass is 19.4. The third-order valence-electron chi connectivity index (χ3n) is 4.37. The lowest BCUT2D eigenvalue weighted by atomic mass is 10.00. The van der Waals surface area contributed by atoms with Crippen molar-refractivity contribution in [1.29, 1.82) is 0 Å². The molecule has 1 aromatic heterocycles. The lowest BCUT2D eigenvalue weighted by molar-refractivity contribution is -0.274. The molecule has 1 aromatic carbocycles. The van der Waals surface area contributed by atoms with Gasteiger partial charge in [-0.25, -0.2) is 0 Å². The van der Waals surface area contributed by atoms with Crippen LogP contribution in [0, 0.1) is 13.8 Å². The monoisotopic (exact) mass is 383 g/mol. The van der Waals surface area contributed by atoms with Crippen LogP contribution in [0.2, 0.25) is 0 Å².